The van der Waals surface area contributed by atoms with E-state index in [4.69, 9.17) is 0 Å². The highest BCUT2D eigenvalue weighted by Crippen LogP contribution is 2.28. The van der Waals surface area contributed by atoms with E-state index in [-0.39, 0.29) is 5.91 Å². The Bertz CT molecular complexity index is 892. The lowest BCUT2D eigenvalue weighted by molar-refractivity contribution is 0.0788. The Balaban J connectivity index is 1.49. The van der Waals surface area contributed by atoms with E-state index in [0.29, 0.717) is 5.69 Å². The first kappa shape index (κ1) is 15.9. The summed E-state index contributed by atoms with van der Waals surface area (Å²) >= 11 is 1.56. The van der Waals surface area contributed by atoms with Gasteiger partial charge in [-0.25, -0.2) is 4.98 Å². The lowest BCUT2D eigenvalue weighted by Crippen LogP contribution is -2.27. The summed E-state index contributed by atoms with van der Waals surface area (Å²) in [6.07, 6.45) is 4.05. The minimum Gasteiger partial charge on any atom is -0.357 e. The third-order valence-corrected chi connectivity index (χ3v) is 5.13. The molecule has 3 heterocycles. The molecule has 25 heavy (non-hydrogen) atoms. The van der Waals surface area contributed by atoms with Gasteiger partial charge < -0.3 is 15.2 Å². The average molecular weight is 352 g/mol. The highest BCUT2D eigenvalue weighted by molar-refractivity contribution is 7.14. The molecule has 0 unspecified atom stereocenters. The summed E-state index contributed by atoms with van der Waals surface area (Å²) in [5, 5.41) is 6.18. The van der Waals surface area contributed by atoms with Gasteiger partial charge in [0.15, 0.2) is 5.13 Å². The van der Waals surface area contributed by atoms with E-state index in [1.165, 1.54) is 5.56 Å². The van der Waals surface area contributed by atoms with Crippen molar-refractivity contribution in [1.82, 2.24) is 14.9 Å². The number of H-pyrrole nitrogens is 1. The van der Waals surface area contributed by atoms with Crippen LogP contribution in [0.2, 0.25) is 0 Å². The molecule has 1 aromatic carbocycles. The number of carbonyl (C=O) groups is 1. The van der Waals surface area contributed by atoms with E-state index in [0.717, 1.165) is 48.0 Å². The number of hydrogen-bond acceptors (Lipinski definition) is 4. The smallest absolute Gasteiger partial charge is 0.270 e. The molecule has 0 aliphatic carbocycles. The van der Waals surface area contributed by atoms with Crippen LogP contribution in [0, 0.1) is 6.92 Å². The summed E-state index contributed by atoms with van der Waals surface area (Å²) in [5.74, 6) is 0.0806. The van der Waals surface area contributed by atoms with E-state index in [1.54, 1.807) is 11.3 Å². The zero-order chi connectivity index (χ0) is 17.2. The van der Waals surface area contributed by atoms with Crippen molar-refractivity contribution >= 4 is 28.1 Å². The predicted molar refractivity (Wildman–Crippen MR) is 101 cm³/mol. The highest BCUT2D eigenvalue weighted by Gasteiger charge is 2.21. The lowest BCUT2D eigenvalue weighted by Gasteiger charge is -2.13. The first-order valence-electron chi connectivity index (χ1n) is 8.46. The molecule has 1 amide bonds. The summed E-state index contributed by atoms with van der Waals surface area (Å²) in [6, 6.07) is 10.1. The molecule has 2 N–H and O–H groups in total. The molecule has 6 heteroatoms. The van der Waals surface area contributed by atoms with Crippen LogP contribution in [0.15, 0.2) is 41.9 Å². The van der Waals surface area contributed by atoms with E-state index in [2.05, 4.69) is 34.3 Å². The maximum absolute atomic E-state index is 12.4. The number of thiazole rings is 1. The van der Waals surface area contributed by atoms with Crippen molar-refractivity contribution in [2.75, 3.05) is 18.4 Å². The number of aromatic amines is 1. The number of carbonyl (C=O) groups excluding carboxylic acids is 1. The van der Waals surface area contributed by atoms with Crippen LogP contribution in [0.4, 0.5) is 10.8 Å². The van der Waals surface area contributed by atoms with Gasteiger partial charge in [0.25, 0.3) is 5.91 Å². The molecule has 0 spiro atoms. The molecule has 0 radical (unpaired) electrons. The van der Waals surface area contributed by atoms with Crippen molar-refractivity contribution in [1.29, 1.82) is 0 Å². The number of nitrogens with one attached hydrogen (secondary N) is 2. The Morgan fingerprint density at radius 3 is 2.92 bits per heavy atom. The monoisotopic (exact) mass is 352 g/mol. The number of aromatic nitrogens is 2. The van der Waals surface area contributed by atoms with Crippen molar-refractivity contribution in [2.45, 2.75) is 19.8 Å². The zero-order valence-corrected chi connectivity index (χ0v) is 14.9. The number of likely N-dealkylation sites (tertiary alicyclic amines) is 1. The second kappa shape index (κ2) is 6.72. The van der Waals surface area contributed by atoms with Crippen molar-refractivity contribution in [3.05, 3.63) is 53.2 Å². The van der Waals surface area contributed by atoms with Gasteiger partial charge in [0, 0.05) is 35.9 Å². The summed E-state index contributed by atoms with van der Waals surface area (Å²) in [5.41, 5.74) is 4.68. The lowest BCUT2D eigenvalue weighted by atomic mass is 10.2. The third kappa shape index (κ3) is 3.44. The van der Waals surface area contributed by atoms with Gasteiger partial charge in [-0.1, -0.05) is 12.1 Å². The van der Waals surface area contributed by atoms with Gasteiger partial charge in [-0.05, 0) is 43.5 Å². The SMILES string of the molecule is Cc1cccc(Nc2nc(-c3c[nH]c(C(=O)N4CCCC4)c3)cs2)c1. The molecular formula is C19H20N4OS. The van der Waals surface area contributed by atoms with Crippen LogP contribution < -0.4 is 5.32 Å². The number of benzene rings is 1. The molecule has 4 rings (SSSR count). The quantitative estimate of drug-likeness (QED) is 0.730. The fraction of sp³-hybridized carbons (Fsp3) is 0.263. The Morgan fingerprint density at radius 2 is 2.12 bits per heavy atom. The van der Waals surface area contributed by atoms with Crippen molar-refractivity contribution < 1.29 is 4.79 Å². The van der Waals surface area contributed by atoms with Gasteiger partial charge in [-0.3, -0.25) is 4.79 Å². The van der Waals surface area contributed by atoms with Crippen LogP contribution in [0.5, 0.6) is 0 Å². The molecular weight excluding hydrogens is 332 g/mol. The number of amides is 1. The standard InChI is InChI=1S/C19H20N4OS/c1-13-5-4-6-15(9-13)21-19-22-17(12-25-19)14-10-16(20-11-14)18(24)23-7-2-3-8-23/h4-6,9-12,20H,2-3,7-8H2,1H3,(H,21,22). The van der Waals surface area contributed by atoms with Crippen LogP contribution in [-0.4, -0.2) is 33.9 Å². The summed E-state index contributed by atoms with van der Waals surface area (Å²) in [6.45, 7) is 3.78. The predicted octanol–water partition coefficient (Wildman–Crippen LogP) is 4.43. The minimum absolute atomic E-state index is 0.0806. The average Bonchev–Trinajstić information content (AvgIpc) is 3.35. The highest BCUT2D eigenvalue weighted by atomic mass is 32.1. The molecule has 1 aliphatic heterocycles. The van der Waals surface area contributed by atoms with Gasteiger partial charge in [0.2, 0.25) is 0 Å². The Morgan fingerprint density at radius 1 is 1.28 bits per heavy atom. The first-order chi connectivity index (χ1) is 12.2. The van der Waals surface area contributed by atoms with Gasteiger partial charge in [-0.2, -0.15) is 0 Å². The molecule has 1 fully saturated rings. The summed E-state index contributed by atoms with van der Waals surface area (Å²) in [4.78, 5) is 22.1. The fourth-order valence-electron chi connectivity index (χ4n) is 3.07. The largest absolute Gasteiger partial charge is 0.357 e. The van der Waals surface area contributed by atoms with Crippen LogP contribution in [0.25, 0.3) is 11.3 Å². The van der Waals surface area contributed by atoms with Crippen LogP contribution in [-0.2, 0) is 0 Å². The number of aryl methyl sites for hydroxylation is 1. The van der Waals surface area contributed by atoms with E-state index < -0.39 is 0 Å². The number of anilines is 2. The molecule has 1 aliphatic rings. The van der Waals surface area contributed by atoms with Gasteiger partial charge in [0.05, 0.1) is 5.69 Å². The molecule has 0 atom stereocenters. The molecule has 2 aromatic heterocycles. The fourth-order valence-corrected chi connectivity index (χ4v) is 3.81. The van der Waals surface area contributed by atoms with Crippen LogP contribution in [0.3, 0.4) is 0 Å². The topological polar surface area (TPSA) is 61.0 Å². The Labute approximate surface area is 150 Å². The van der Waals surface area contributed by atoms with Gasteiger partial charge in [-0.15, -0.1) is 11.3 Å². The molecule has 128 valence electrons. The normalized spacial score (nSPS) is 14.0. The van der Waals surface area contributed by atoms with E-state index >= 15 is 0 Å². The van der Waals surface area contributed by atoms with Gasteiger partial charge >= 0.3 is 0 Å². The third-order valence-electron chi connectivity index (χ3n) is 4.38. The van der Waals surface area contributed by atoms with Crippen LogP contribution in [0.1, 0.15) is 28.9 Å². The van der Waals surface area contributed by atoms with Crippen molar-refractivity contribution in [3.8, 4) is 11.3 Å². The van der Waals surface area contributed by atoms with Crippen molar-refractivity contribution in [3.63, 3.8) is 0 Å². The summed E-state index contributed by atoms with van der Waals surface area (Å²) < 4.78 is 0. The van der Waals surface area contributed by atoms with Gasteiger partial charge in [0.1, 0.15) is 5.69 Å². The molecule has 0 bridgehead atoms. The van der Waals surface area contributed by atoms with E-state index in [1.807, 2.05) is 34.7 Å². The summed E-state index contributed by atoms with van der Waals surface area (Å²) in [7, 11) is 0. The second-order valence-corrected chi connectivity index (χ2v) is 7.19. The minimum atomic E-state index is 0.0806. The zero-order valence-electron chi connectivity index (χ0n) is 14.1. The second-order valence-electron chi connectivity index (χ2n) is 6.33. The molecule has 5 nitrogen and oxygen atoms in total. The maximum Gasteiger partial charge on any atom is 0.270 e. The molecule has 0 saturated carbocycles. The van der Waals surface area contributed by atoms with Crippen molar-refractivity contribution in [2.24, 2.45) is 0 Å². The van der Waals surface area contributed by atoms with E-state index in [9.17, 15) is 4.79 Å². The number of rotatable bonds is 4. The van der Waals surface area contributed by atoms with Crippen LogP contribution >= 0.6 is 11.3 Å². The Kier molecular flexibility index (Phi) is 4.28. The maximum atomic E-state index is 12.4. The molecule has 3 aromatic rings. The first-order valence-corrected chi connectivity index (χ1v) is 9.34. The number of hydrogen-bond donors (Lipinski definition) is 2. The Hall–Kier alpha value is -2.60. The number of nitrogens with zero attached hydrogens (tertiary/aromatic N) is 2. The molecule has 1 saturated heterocycles.